The number of hydrogen-bond acceptors (Lipinski definition) is 2. The molecule has 2 rings (SSSR count). The zero-order valence-corrected chi connectivity index (χ0v) is 16.4. The normalized spacial score (nSPS) is 10.8. The minimum absolute atomic E-state index is 0.0437. The van der Waals surface area contributed by atoms with E-state index in [9.17, 15) is 9.59 Å². The van der Waals surface area contributed by atoms with Crippen LogP contribution < -0.4 is 5.32 Å². The number of nitrogens with one attached hydrogen (secondary N) is 1. The molecule has 0 saturated carbocycles. The van der Waals surface area contributed by atoms with Crippen LogP contribution in [0.25, 0.3) is 6.08 Å². The fraction of sp³-hybridized carbons (Fsp3) is 0.200. The molecule has 6 heteroatoms. The van der Waals surface area contributed by atoms with Gasteiger partial charge in [-0.25, -0.2) is 0 Å². The van der Waals surface area contributed by atoms with Crippen LogP contribution in [0.5, 0.6) is 0 Å². The van der Waals surface area contributed by atoms with Gasteiger partial charge in [-0.1, -0.05) is 41.4 Å². The van der Waals surface area contributed by atoms with Gasteiger partial charge in [0.1, 0.15) is 0 Å². The number of anilines is 1. The molecule has 0 aliphatic rings. The first-order valence-electron chi connectivity index (χ1n) is 8.02. The van der Waals surface area contributed by atoms with Crippen molar-refractivity contribution in [2.24, 2.45) is 0 Å². The summed E-state index contributed by atoms with van der Waals surface area (Å²) in [6, 6.07) is 10.8. The smallest absolute Gasteiger partial charge is 0.246 e. The van der Waals surface area contributed by atoms with Crippen LogP contribution in [0.2, 0.25) is 10.0 Å². The minimum Gasteiger partial charge on any atom is -0.333 e. The fourth-order valence-electron chi connectivity index (χ4n) is 2.28. The van der Waals surface area contributed by atoms with Gasteiger partial charge >= 0.3 is 0 Å². The van der Waals surface area contributed by atoms with Crippen molar-refractivity contribution in [2.75, 3.05) is 18.9 Å². The van der Waals surface area contributed by atoms with E-state index >= 15 is 0 Å². The van der Waals surface area contributed by atoms with E-state index in [0.717, 1.165) is 22.4 Å². The molecule has 2 aromatic rings. The molecular formula is C20H20Cl2N2O2. The van der Waals surface area contributed by atoms with Crippen molar-refractivity contribution >= 4 is 46.8 Å². The first kappa shape index (κ1) is 20.0. The molecule has 136 valence electrons. The Balaban J connectivity index is 1.95. The summed E-state index contributed by atoms with van der Waals surface area (Å²) in [4.78, 5) is 25.7. The lowest BCUT2D eigenvalue weighted by Gasteiger charge is -2.16. The maximum Gasteiger partial charge on any atom is 0.246 e. The average molecular weight is 391 g/mol. The molecule has 2 aromatic carbocycles. The first-order valence-corrected chi connectivity index (χ1v) is 8.78. The molecule has 0 unspecified atom stereocenters. The second-order valence-electron chi connectivity index (χ2n) is 6.00. The highest BCUT2D eigenvalue weighted by Crippen LogP contribution is 2.23. The summed E-state index contributed by atoms with van der Waals surface area (Å²) in [5.41, 5.74) is 3.61. The summed E-state index contributed by atoms with van der Waals surface area (Å²) >= 11 is 11.8. The topological polar surface area (TPSA) is 49.4 Å². The van der Waals surface area contributed by atoms with E-state index in [0.29, 0.717) is 10.0 Å². The van der Waals surface area contributed by atoms with Crippen molar-refractivity contribution < 1.29 is 9.59 Å². The van der Waals surface area contributed by atoms with Gasteiger partial charge in [-0.3, -0.25) is 9.59 Å². The largest absolute Gasteiger partial charge is 0.333 e. The van der Waals surface area contributed by atoms with Crippen molar-refractivity contribution in [3.8, 4) is 0 Å². The third-order valence-corrected chi connectivity index (χ3v) is 4.74. The van der Waals surface area contributed by atoms with Crippen LogP contribution in [0.4, 0.5) is 5.69 Å². The second kappa shape index (κ2) is 8.88. The summed E-state index contributed by atoms with van der Waals surface area (Å²) in [6.45, 7) is 3.88. The first-order chi connectivity index (χ1) is 12.3. The average Bonchev–Trinajstić information content (AvgIpc) is 2.59. The summed E-state index contributed by atoms with van der Waals surface area (Å²) < 4.78 is 0. The monoisotopic (exact) mass is 390 g/mol. The van der Waals surface area contributed by atoms with E-state index in [1.807, 2.05) is 32.0 Å². The van der Waals surface area contributed by atoms with Gasteiger partial charge in [0.2, 0.25) is 11.8 Å². The molecule has 4 nitrogen and oxygen atoms in total. The highest BCUT2D eigenvalue weighted by molar-refractivity contribution is 6.42. The molecule has 0 aromatic heterocycles. The second-order valence-corrected chi connectivity index (χ2v) is 6.81. The molecule has 0 fully saturated rings. The number of halogens is 2. The van der Waals surface area contributed by atoms with Crippen molar-refractivity contribution in [1.29, 1.82) is 0 Å². The Morgan fingerprint density at radius 2 is 1.85 bits per heavy atom. The lowest BCUT2D eigenvalue weighted by Crippen LogP contribution is -2.34. The van der Waals surface area contributed by atoms with Crippen LogP contribution in [0, 0.1) is 13.8 Å². The van der Waals surface area contributed by atoms with Gasteiger partial charge in [0.25, 0.3) is 0 Å². The number of aryl methyl sites for hydroxylation is 1. The van der Waals surface area contributed by atoms with Crippen LogP contribution in [0.3, 0.4) is 0 Å². The number of hydrogen-bond donors (Lipinski definition) is 1. The summed E-state index contributed by atoms with van der Waals surface area (Å²) in [5, 5.41) is 3.71. The van der Waals surface area contributed by atoms with Gasteiger partial charge in [-0.2, -0.15) is 0 Å². The SMILES string of the molecule is Cc1cccc(NC(=O)CN(C)C(=O)/C=C/c2ccc(Cl)c(Cl)c2)c1C. The highest BCUT2D eigenvalue weighted by Gasteiger charge is 2.12. The molecule has 0 aliphatic heterocycles. The zero-order chi connectivity index (χ0) is 19.3. The number of likely N-dealkylation sites (N-methyl/N-ethyl adjacent to an activating group) is 1. The van der Waals surface area contributed by atoms with Crippen molar-refractivity contribution in [2.45, 2.75) is 13.8 Å². The molecule has 0 saturated heterocycles. The maximum absolute atomic E-state index is 12.2. The van der Waals surface area contributed by atoms with E-state index < -0.39 is 0 Å². The molecule has 0 aliphatic carbocycles. The number of rotatable bonds is 5. The van der Waals surface area contributed by atoms with Gasteiger partial charge in [0.15, 0.2) is 0 Å². The molecular weight excluding hydrogens is 371 g/mol. The predicted molar refractivity (Wildman–Crippen MR) is 108 cm³/mol. The minimum atomic E-state index is -0.285. The molecule has 0 radical (unpaired) electrons. The van der Waals surface area contributed by atoms with Crippen LogP contribution in [0.15, 0.2) is 42.5 Å². The van der Waals surface area contributed by atoms with Crippen molar-refractivity contribution in [3.05, 3.63) is 69.2 Å². The van der Waals surface area contributed by atoms with E-state index in [4.69, 9.17) is 23.2 Å². The Kier molecular flexibility index (Phi) is 6.83. The molecule has 0 spiro atoms. The van der Waals surface area contributed by atoms with Crippen LogP contribution in [-0.2, 0) is 9.59 Å². The molecule has 0 bridgehead atoms. The molecule has 26 heavy (non-hydrogen) atoms. The molecule has 1 N–H and O–H groups in total. The number of amides is 2. The van der Waals surface area contributed by atoms with Crippen LogP contribution >= 0.6 is 23.2 Å². The van der Waals surface area contributed by atoms with Crippen LogP contribution in [-0.4, -0.2) is 30.3 Å². The standard InChI is InChI=1S/C20H20Cl2N2O2/c1-13-5-4-6-18(14(13)2)23-19(25)12-24(3)20(26)10-8-15-7-9-16(21)17(22)11-15/h4-11H,12H2,1-3H3,(H,23,25)/b10-8+. The lowest BCUT2D eigenvalue weighted by molar-refractivity contribution is -0.129. The van der Waals surface area contributed by atoms with E-state index in [-0.39, 0.29) is 18.4 Å². The van der Waals surface area contributed by atoms with Gasteiger partial charge < -0.3 is 10.2 Å². The Bertz CT molecular complexity index is 863. The Morgan fingerprint density at radius 3 is 2.54 bits per heavy atom. The fourth-order valence-corrected chi connectivity index (χ4v) is 2.59. The Labute approximate surface area is 163 Å². The zero-order valence-electron chi connectivity index (χ0n) is 14.8. The van der Waals surface area contributed by atoms with Gasteiger partial charge in [0.05, 0.1) is 16.6 Å². The maximum atomic E-state index is 12.2. The molecule has 0 atom stereocenters. The Morgan fingerprint density at radius 1 is 1.12 bits per heavy atom. The molecule has 0 heterocycles. The van der Waals surface area contributed by atoms with Crippen molar-refractivity contribution in [3.63, 3.8) is 0 Å². The number of benzene rings is 2. The van der Waals surface area contributed by atoms with Crippen LogP contribution in [0.1, 0.15) is 16.7 Å². The Hall–Kier alpha value is -2.30. The summed E-state index contributed by atoms with van der Waals surface area (Å²) in [5.74, 6) is -0.537. The van der Waals surface area contributed by atoms with Crippen molar-refractivity contribution in [1.82, 2.24) is 4.90 Å². The third-order valence-electron chi connectivity index (χ3n) is 4.00. The summed E-state index contributed by atoms with van der Waals surface area (Å²) in [7, 11) is 1.57. The third kappa shape index (κ3) is 5.35. The highest BCUT2D eigenvalue weighted by atomic mass is 35.5. The van der Waals surface area contributed by atoms with E-state index in [1.54, 1.807) is 31.3 Å². The number of carbonyl (C=O) groups is 2. The van der Waals surface area contributed by atoms with E-state index in [2.05, 4.69) is 5.32 Å². The lowest BCUT2D eigenvalue weighted by atomic mass is 10.1. The van der Waals surface area contributed by atoms with E-state index in [1.165, 1.54) is 11.0 Å². The number of nitrogens with zero attached hydrogens (tertiary/aromatic N) is 1. The van der Waals surface area contributed by atoms with Gasteiger partial charge in [0, 0.05) is 18.8 Å². The van der Waals surface area contributed by atoms with Gasteiger partial charge in [-0.05, 0) is 54.8 Å². The predicted octanol–water partition coefficient (Wildman–Crippen LogP) is 4.72. The van der Waals surface area contributed by atoms with Gasteiger partial charge in [-0.15, -0.1) is 0 Å². The molecule has 2 amide bonds. The number of carbonyl (C=O) groups excluding carboxylic acids is 2. The summed E-state index contributed by atoms with van der Waals surface area (Å²) in [6.07, 6.45) is 3.02. The quantitative estimate of drug-likeness (QED) is 0.750.